The molecular weight excluding hydrogens is 289 g/mol. The number of nitrogen functional groups attached to an aromatic ring is 1. The highest BCUT2D eigenvalue weighted by atomic mass is 35.5. The van der Waals surface area contributed by atoms with Crippen LogP contribution < -0.4 is 5.73 Å². The molecule has 94 valence electrons. The van der Waals surface area contributed by atoms with Gasteiger partial charge >= 0.3 is 0 Å². The number of rotatable bonds is 3. The lowest BCUT2D eigenvalue weighted by molar-refractivity contribution is 0.682. The molecule has 0 aliphatic rings. The fourth-order valence-corrected chi connectivity index (χ4v) is 3.34. The van der Waals surface area contributed by atoms with Crippen LogP contribution in [0.25, 0.3) is 0 Å². The number of halogens is 2. The van der Waals surface area contributed by atoms with Crippen LogP contribution >= 0.6 is 23.2 Å². The number of nitrogens with two attached hydrogens (primary N) is 1. The van der Waals surface area contributed by atoms with E-state index in [1.807, 2.05) is 12.1 Å². The van der Waals surface area contributed by atoms with Gasteiger partial charge in [0.15, 0.2) is 0 Å². The van der Waals surface area contributed by atoms with E-state index in [0.29, 0.717) is 26.4 Å². The largest absolute Gasteiger partial charge is 0.399 e. The molecule has 0 aromatic heterocycles. The Balaban J connectivity index is 2.19. The SMILES string of the molecule is Nc1ccc(CS(=O)c2cc(Cl)cc(Cl)c2)cc1. The van der Waals surface area contributed by atoms with Crippen molar-refractivity contribution < 1.29 is 4.21 Å². The van der Waals surface area contributed by atoms with E-state index in [1.54, 1.807) is 30.3 Å². The molecule has 1 unspecified atom stereocenters. The second-order valence-corrected chi connectivity index (χ2v) is 6.16. The molecule has 0 fully saturated rings. The third kappa shape index (κ3) is 3.48. The van der Waals surface area contributed by atoms with E-state index in [9.17, 15) is 4.21 Å². The maximum absolute atomic E-state index is 12.2. The van der Waals surface area contributed by atoms with Crippen LogP contribution in [0, 0.1) is 0 Å². The second kappa shape index (κ2) is 5.74. The topological polar surface area (TPSA) is 43.1 Å². The van der Waals surface area contributed by atoms with Gasteiger partial charge in [0.25, 0.3) is 0 Å². The quantitative estimate of drug-likeness (QED) is 0.874. The zero-order valence-corrected chi connectivity index (χ0v) is 11.7. The molecule has 0 aliphatic heterocycles. The first-order chi connectivity index (χ1) is 8.54. The summed E-state index contributed by atoms with van der Waals surface area (Å²) in [5.41, 5.74) is 7.24. The summed E-state index contributed by atoms with van der Waals surface area (Å²) in [6, 6.07) is 12.3. The third-order valence-corrected chi connectivity index (χ3v) is 4.17. The summed E-state index contributed by atoms with van der Waals surface area (Å²) >= 11 is 11.8. The van der Waals surface area contributed by atoms with Crippen molar-refractivity contribution in [1.29, 1.82) is 0 Å². The van der Waals surface area contributed by atoms with Gasteiger partial charge in [0.05, 0.1) is 16.6 Å². The molecule has 0 saturated carbocycles. The summed E-state index contributed by atoms with van der Waals surface area (Å²) in [7, 11) is -1.17. The van der Waals surface area contributed by atoms with E-state index in [1.165, 1.54) is 0 Å². The normalized spacial score (nSPS) is 12.3. The molecule has 0 saturated heterocycles. The fraction of sp³-hybridized carbons (Fsp3) is 0.0769. The van der Waals surface area contributed by atoms with Crippen LogP contribution in [0.1, 0.15) is 5.56 Å². The molecule has 2 aromatic rings. The van der Waals surface area contributed by atoms with Gasteiger partial charge in [0.1, 0.15) is 0 Å². The van der Waals surface area contributed by atoms with E-state index in [0.717, 1.165) is 5.56 Å². The lowest BCUT2D eigenvalue weighted by Gasteiger charge is -2.04. The number of anilines is 1. The Morgan fingerprint density at radius 3 is 2.11 bits per heavy atom. The molecule has 18 heavy (non-hydrogen) atoms. The van der Waals surface area contributed by atoms with Gasteiger partial charge in [-0.1, -0.05) is 35.3 Å². The molecule has 0 radical (unpaired) electrons. The molecule has 2 N–H and O–H groups in total. The summed E-state index contributed by atoms with van der Waals surface area (Å²) in [5, 5.41) is 0.978. The van der Waals surface area contributed by atoms with Crippen LogP contribution in [0.2, 0.25) is 10.0 Å². The molecule has 2 nitrogen and oxygen atoms in total. The Morgan fingerprint density at radius 2 is 1.56 bits per heavy atom. The second-order valence-electron chi connectivity index (χ2n) is 3.84. The van der Waals surface area contributed by atoms with Crippen molar-refractivity contribution in [2.24, 2.45) is 0 Å². The first-order valence-electron chi connectivity index (χ1n) is 5.23. The van der Waals surface area contributed by atoms with Crippen LogP contribution in [0.15, 0.2) is 47.4 Å². The Labute approximate surface area is 118 Å². The van der Waals surface area contributed by atoms with Crippen molar-refractivity contribution in [1.82, 2.24) is 0 Å². The van der Waals surface area contributed by atoms with Crippen molar-refractivity contribution >= 4 is 39.7 Å². The first-order valence-corrected chi connectivity index (χ1v) is 7.31. The van der Waals surface area contributed by atoms with Gasteiger partial charge in [-0.15, -0.1) is 0 Å². The summed E-state index contributed by atoms with van der Waals surface area (Å²) in [6.45, 7) is 0. The Bertz CT molecular complexity index is 564. The highest BCUT2D eigenvalue weighted by molar-refractivity contribution is 7.84. The summed E-state index contributed by atoms with van der Waals surface area (Å²) in [5.74, 6) is 0.414. The van der Waals surface area contributed by atoms with E-state index in [-0.39, 0.29) is 0 Å². The summed E-state index contributed by atoms with van der Waals surface area (Å²) in [6.07, 6.45) is 0. The molecule has 2 aromatic carbocycles. The zero-order chi connectivity index (χ0) is 13.1. The first kappa shape index (κ1) is 13.4. The predicted molar refractivity (Wildman–Crippen MR) is 77.4 cm³/mol. The average Bonchev–Trinajstić information content (AvgIpc) is 2.31. The van der Waals surface area contributed by atoms with E-state index in [2.05, 4.69) is 0 Å². The van der Waals surface area contributed by atoms with Crippen LogP contribution in [0.4, 0.5) is 5.69 Å². The Morgan fingerprint density at radius 1 is 1.00 bits per heavy atom. The van der Waals surface area contributed by atoms with Crippen molar-refractivity contribution in [3.8, 4) is 0 Å². The highest BCUT2D eigenvalue weighted by Gasteiger charge is 2.07. The van der Waals surface area contributed by atoms with Crippen molar-refractivity contribution in [3.63, 3.8) is 0 Å². The van der Waals surface area contributed by atoms with Crippen LogP contribution in [-0.2, 0) is 16.6 Å². The van der Waals surface area contributed by atoms with Crippen LogP contribution in [0.5, 0.6) is 0 Å². The van der Waals surface area contributed by atoms with Gasteiger partial charge in [0.2, 0.25) is 0 Å². The molecule has 0 amide bonds. The third-order valence-electron chi connectivity index (χ3n) is 2.38. The lowest BCUT2D eigenvalue weighted by atomic mass is 10.2. The Kier molecular flexibility index (Phi) is 4.27. The smallest absolute Gasteiger partial charge is 0.0575 e. The van der Waals surface area contributed by atoms with Gasteiger partial charge in [-0.3, -0.25) is 4.21 Å². The molecule has 0 heterocycles. The predicted octanol–water partition coefficient (Wildman–Crippen LogP) is 3.88. The van der Waals surface area contributed by atoms with Crippen molar-refractivity contribution in [2.45, 2.75) is 10.6 Å². The summed E-state index contributed by atoms with van der Waals surface area (Å²) in [4.78, 5) is 0.629. The van der Waals surface area contributed by atoms with Gasteiger partial charge in [-0.25, -0.2) is 0 Å². The summed E-state index contributed by atoms with van der Waals surface area (Å²) < 4.78 is 12.2. The Hall–Kier alpha value is -1.03. The minimum absolute atomic E-state index is 0.414. The molecule has 0 aliphatic carbocycles. The minimum atomic E-state index is -1.17. The maximum atomic E-state index is 12.2. The molecular formula is C13H11Cl2NOS. The molecule has 5 heteroatoms. The van der Waals surface area contributed by atoms with Crippen LogP contribution in [0.3, 0.4) is 0 Å². The van der Waals surface area contributed by atoms with Gasteiger partial charge < -0.3 is 5.73 Å². The van der Waals surface area contributed by atoms with Gasteiger partial charge in [-0.05, 0) is 35.9 Å². The number of hydrogen-bond donors (Lipinski definition) is 1. The highest BCUT2D eigenvalue weighted by Crippen LogP contribution is 2.23. The number of benzene rings is 2. The molecule has 0 bridgehead atoms. The monoisotopic (exact) mass is 299 g/mol. The minimum Gasteiger partial charge on any atom is -0.399 e. The van der Waals surface area contributed by atoms with Gasteiger partial charge in [0, 0.05) is 20.6 Å². The maximum Gasteiger partial charge on any atom is 0.0575 e. The standard InChI is InChI=1S/C13H11Cl2NOS/c14-10-5-11(15)7-13(6-10)18(17)8-9-1-3-12(16)4-2-9/h1-7H,8,16H2. The molecule has 2 rings (SSSR count). The van der Waals surface area contributed by atoms with E-state index >= 15 is 0 Å². The van der Waals surface area contributed by atoms with Gasteiger partial charge in [-0.2, -0.15) is 0 Å². The molecule has 1 atom stereocenters. The van der Waals surface area contributed by atoms with Crippen molar-refractivity contribution in [2.75, 3.05) is 5.73 Å². The van der Waals surface area contributed by atoms with E-state index < -0.39 is 10.8 Å². The molecule has 0 spiro atoms. The van der Waals surface area contributed by atoms with Crippen molar-refractivity contribution in [3.05, 3.63) is 58.1 Å². The lowest BCUT2D eigenvalue weighted by Crippen LogP contribution is -1.97. The zero-order valence-electron chi connectivity index (χ0n) is 9.40. The van der Waals surface area contributed by atoms with E-state index in [4.69, 9.17) is 28.9 Å². The average molecular weight is 300 g/mol. The fourth-order valence-electron chi connectivity index (χ4n) is 1.51. The van der Waals surface area contributed by atoms with Crippen LogP contribution in [-0.4, -0.2) is 4.21 Å². The number of hydrogen-bond acceptors (Lipinski definition) is 2.